The highest BCUT2D eigenvalue weighted by molar-refractivity contribution is 5.79. The quantitative estimate of drug-likeness (QED) is 0.509. The second-order valence-corrected chi connectivity index (χ2v) is 5.98. The number of guanidine groups is 1. The zero-order valence-corrected chi connectivity index (χ0v) is 17.2. The largest absolute Gasteiger partial charge is 0.497 e. The van der Waals surface area contributed by atoms with E-state index in [1.54, 1.807) is 35.5 Å². The third-order valence-electron chi connectivity index (χ3n) is 4.27. The molecule has 0 saturated heterocycles. The predicted molar refractivity (Wildman–Crippen MR) is 111 cm³/mol. The summed E-state index contributed by atoms with van der Waals surface area (Å²) in [6, 6.07) is 11.9. The van der Waals surface area contributed by atoms with Crippen molar-refractivity contribution in [2.75, 3.05) is 42.0 Å². The number of hydrogen-bond donors (Lipinski definition) is 2. The monoisotopic (exact) mass is 387 g/mol. The van der Waals surface area contributed by atoms with Crippen LogP contribution >= 0.6 is 0 Å². The average Bonchev–Trinajstić information content (AvgIpc) is 2.75. The van der Waals surface area contributed by atoms with Gasteiger partial charge < -0.3 is 29.6 Å². The number of hydrogen-bond acceptors (Lipinski definition) is 5. The van der Waals surface area contributed by atoms with Crippen LogP contribution < -0.4 is 29.6 Å². The molecule has 0 atom stereocenters. The Hall–Kier alpha value is -3.09. The smallest absolute Gasteiger partial charge is 0.203 e. The van der Waals surface area contributed by atoms with Gasteiger partial charge in [-0.1, -0.05) is 12.1 Å². The molecule has 7 nitrogen and oxygen atoms in total. The van der Waals surface area contributed by atoms with E-state index >= 15 is 0 Å². The van der Waals surface area contributed by atoms with Crippen molar-refractivity contribution in [2.24, 2.45) is 4.99 Å². The summed E-state index contributed by atoms with van der Waals surface area (Å²) < 4.78 is 21.3. The van der Waals surface area contributed by atoms with Crippen LogP contribution in [0.1, 0.15) is 11.1 Å². The Kier molecular flexibility index (Phi) is 8.27. The summed E-state index contributed by atoms with van der Waals surface area (Å²) in [6.07, 6.45) is 0.884. The minimum absolute atomic E-state index is 0.568. The van der Waals surface area contributed by atoms with Gasteiger partial charge in [0, 0.05) is 20.1 Å². The van der Waals surface area contributed by atoms with Crippen LogP contribution in [-0.4, -0.2) is 48.0 Å². The van der Waals surface area contributed by atoms with E-state index in [4.69, 9.17) is 18.9 Å². The third-order valence-corrected chi connectivity index (χ3v) is 4.27. The van der Waals surface area contributed by atoms with E-state index in [0.29, 0.717) is 23.8 Å². The highest BCUT2D eigenvalue weighted by atomic mass is 16.5. The minimum atomic E-state index is 0.568. The Morgan fingerprint density at radius 3 is 1.96 bits per heavy atom. The topological polar surface area (TPSA) is 73.3 Å². The molecule has 0 bridgehead atoms. The number of aliphatic imine (C=N–C) groups is 1. The fraction of sp³-hybridized carbons (Fsp3) is 0.381. The van der Waals surface area contributed by atoms with Crippen molar-refractivity contribution in [1.82, 2.24) is 10.6 Å². The van der Waals surface area contributed by atoms with Gasteiger partial charge in [-0.15, -0.1) is 0 Å². The maximum atomic E-state index is 5.40. The van der Waals surface area contributed by atoms with Gasteiger partial charge in [0.05, 0.1) is 28.4 Å². The lowest BCUT2D eigenvalue weighted by atomic mass is 10.1. The number of rotatable bonds is 9. The lowest BCUT2D eigenvalue weighted by molar-refractivity contribution is 0.323. The van der Waals surface area contributed by atoms with E-state index in [2.05, 4.69) is 27.8 Å². The SMILES string of the molecule is CN=C(NCCc1ccc(OC)cc1)NCc1cc(OC)c(OC)c(OC)c1. The summed E-state index contributed by atoms with van der Waals surface area (Å²) in [5.74, 6) is 3.42. The molecule has 2 rings (SSSR count). The molecule has 0 aromatic heterocycles. The molecule has 0 unspecified atom stereocenters. The average molecular weight is 387 g/mol. The standard InChI is InChI=1S/C21H29N3O4/c1-22-21(23-11-10-15-6-8-17(25-2)9-7-15)24-14-16-12-18(26-3)20(28-5)19(13-16)27-4/h6-9,12-13H,10-11,14H2,1-5H3,(H2,22,23,24). The second-order valence-electron chi connectivity index (χ2n) is 5.98. The fourth-order valence-corrected chi connectivity index (χ4v) is 2.76. The summed E-state index contributed by atoms with van der Waals surface area (Å²) in [7, 11) is 8.22. The van der Waals surface area contributed by atoms with Gasteiger partial charge in [-0.25, -0.2) is 0 Å². The Morgan fingerprint density at radius 1 is 0.821 bits per heavy atom. The van der Waals surface area contributed by atoms with Crippen LogP contribution in [0, 0.1) is 0 Å². The third kappa shape index (κ3) is 5.70. The molecule has 0 fully saturated rings. The summed E-state index contributed by atoms with van der Waals surface area (Å²) in [5, 5.41) is 6.61. The molecule has 0 heterocycles. The van der Waals surface area contributed by atoms with Crippen molar-refractivity contribution in [3.8, 4) is 23.0 Å². The van der Waals surface area contributed by atoms with Crippen molar-refractivity contribution < 1.29 is 18.9 Å². The van der Waals surface area contributed by atoms with Gasteiger partial charge in [0.15, 0.2) is 17.5 Å². The molecule has 0 aliphatic heterocycles. The van der Waals surface area contributed by atoms with Gasteiger partial charge >= 0.3 is 0 Å². The molecule has 0 saturated carbocycles. The Bertz CT molecular complexity index is 751. The van der Waals surface area contributed by atoms with Crippen LogP contribution in [0.3, 0.4) is 0 Å². The van der Waals surface area contributed by atoms with E-state index in [1.165, 1.54) is 5.56 Å². The zero-order chi connectivity index (χ0) is 20.4. The maximum Gasteiger partial charge on any atom is 0.203 e. The maximum absolute atomic E-state index is 5.40. The van der Waals surface area contributed by atoms with Crippen LogP contribution in [0.2, 0.25) is 0 Å². The number of nitrogens with zero attached hydrogens (tertiary/aromatic N) is 1. The zero-order valence-electron chi connectivity index (χ0n) is 17.2. The molecule has 152 valence electrons. The highest BCUT2D eigenvalue weighted by Gasteiger charge is 2.13. The summed E-state index contributed by atoms with van der Waals surface area (Å²) >= 11 is 0. The van der Waals surface area contributed by atoms with E-state index in [0.717, 1.165) is 30.2 Å². The van der Waals surface area contributed by atoms with Crippen molar-refractivity contribution in [2.45, 2.75) is 13.0 Å². The van der Waals surface area contributed by atoms with Gasteiger partial charge in [0.25, 0.3) is 0 Å². The van der Waals surface area contributed by atoms with E-state index in [-0.39, 0.29) is 0 Å². The molecular weight excluding hydrogens is 358 g/mol. The van der Waals surface area contributed by atoms with Crippen molar-refractivity contribution in [1.29, 1.82) is 0 Å². The van der Waals surface area contributed by atoms with Crippen molar-refractivity contribution in [3.63, 3.8) is 0 Å². The van der Waals surface area contributed by atoms with Gasteiger partial charge in [0.1, 0.15) is 5.75 Å². The molecule has 28 heavy (non-hydrogen) atoms. The van der Waals surface area contributed by atoms with Crippen LogP contribution in [0.4, 0.5) is 0 Å². The van der Waals surface area contributed by atoms with Crippen molar-refractivity contribution in [3.05, 3.63) is 47.5 Å². The molecule has 0 spiro atoms. The number of ether oxygens (including phenoxy) is 4. The van der Waals surface area contributed by atoms with Crippen LogP contribution in [-0.2, 0) is 13.0 Å². The lowest BCUT2D eigenvalue weighted by Gasteiger charge is -2.16. The molecule has 2 aromatic carbocycles. The first-order chi connectivity index (χ1) is 13.6. The summed E-state index contributed by atoms with van der Waals surface area (Å²) in [5.41, 5.74) is 2.22. The molecule has 7 heteroatoms. The van der Waals surface area contributed by atoms with Gasteiger partial charge in [0.2, 0.25) is 5.75 Å². The van der Waals surface area contributed by atoms with E-state index in [9.17, 15) is 0 Å². The minimum Gasteiger partial charge on any atom is -0.497 e. The van der Waals surface area contributed by atoms with E-state index < -0.39 is 0 Å². The van der Waals surface area contributed by atoms with Crippen molar-refractivity contribution >= 4 is 5.96 Å². The Labute approximate surface area is 166 Å². The number of nitrogens with one attached hydrogen (secondary N) is 2. The molecular formula is C21H29N3O4. The van der Waals surface area contributed by atoms with E-state index in [1.807, 2.05) is 24.3 Å². The lowest BCUT2D eigenvalue weighted by Crippen LogP contribution is -2.37. The first kappa shape index (κ1) is 21.2. The molecule has 2 N–H and O–H groups in total. The van der Waals surface area contributed by atoms with Gasteiger partial charge in [-0.3, -0.25) is 4.99 Å². The molecule has 0 aliphatic rings. The number of benzene rings is 2. The van der Waals surface area contributed by atoms with Crippen LogP contribution in [0.15, 0.2) is 41.4 Å². The summed E-state index contributed by atoms with van der Waals surface area (Å²) in [6.45, 7) is 1.33. The van der Waals surface area contributed by atoms with Crippen LogP contribution in [0.5, 0.6) is 23.0 Å². The molecule has 0 aliphatic carbocycles. The second kappa shape index (κ2) is 10.9. The normalized spacial score (nSPS) is 11.0. The van der Waals surface area contributed by atoms with Gasteiger partial charge in [-0.2, -0.15) is 0 Å². The fourth-order valence-electron chi connectivity index (χ4n) is 2.76. The Balaban J connectivity index is 1.91. The number of methoxy groups -OCH3 is 4. The molecule has 0 radical (unpaired) electrons. The molecule has 2 aromatic rings. The molecule has 0 amide bonds. The highest BCUT2D eigenvalue weighted by Crippen LogP contribution is 2.38. The summed E-state index contributed by atoms with van der Waals surface area (Å²) in [4.78, 5) is 4.27. The first-order valence-electron chi connectivity index (χ1n) is 9.01. The van der Waals surface area contributed by atoms with Gasteiger partial charge in [-0.05, 0) is 41.8 Å². The first-order valence-corrected chi connectivity index (χ1v) is 9.01. The Morgan fingerprint density at radius 2 is 1.46 bits per heavy atom. The van der Waals surface area contributed by atoms with Crippen LogP contribution in [0.25, 0.3) is 0 Å². The predicted octanol–water partition coefficient (Wildman–Crippen LogP) is 2.63.